The van der Waals surface area contributed by atoms with E-state index in [1.54, 1.807) is 0 Å². The summed E-state index contributed by atoms with van der Waals surface area (Å²) in [4.78, 5) is 9.66. The smallest absolute Gasteiger partial charge is 0.0455 e. The standard InChI is InChI=1S/C24H34N2.C23H32N2/c1-25(2)20-23(19-21-11-7-5-8-12-21)15-17-24(18-16-23,26(3)4)22-13-9-6-10-14-22;1-24(2)19-22(20-11-7-5-8-12-20)15-17-23(18-16-22,25(3)4)21-13-9-6-10-14-21/h5-14H,15-20H2,1-4H3;5-14H,15-19H2,1-4H3. The Labute approximate surface area is 311 Å². The summed E-state index contributed by atoms with van der Waals surface area (Å²) in [6.07, 6.45) is 11.0. The van der Waals surface area contributed by atoms with E-state index in [0.717, 1.165) is 6.54 Å². The van der Waals surface area contributed by atoms with Crippen LogP contribution in [0.4, 0.5) is 0 Å². The first-order valence-corrected chi connectivity index (χ1v) is 19.3. The van der Waals surface area contributed by atoms with Gasteiger partial charge in [0.15, 0.2) is 0 Å². The van der Waals surface area contributed by atoms with Gasteiger partial charge in [-0.2, -0.15) is 0 Å². The zero-order valence-corrected chi connectivity index (χ0v) is 33.1. The van der Waals surface area contributed by atoms with Gasteiger partial charge in [0.25, 0.3) is 0 Å². The molecule has 4 heteroatoms. The highest BCUT2D eigenvalue weighted by molar-refractivity contribution is 5.32. The Kier molecular flexibility index (Phi) is 13.0. The molecule has 0 amide bonds. The lowest BCUT2D eigenvalue weighted by Crippen LogP contribution is -2.50. The van der Waals surface area contributed by atoms with Crippen molar-refractivity contribution in [3.8, 4) is 0 Å². The molecule has 4 aromatic rings. The van der Waals surface area contributed by atoms with E-state index < -0.39 is 0 Å². The van der Waals surface area contributed by atoms with Crippen LogP contribution in [-0.4, -0.2) is 89.1 Å². The number of nitrogens with zero attached hydrogens (tertiary/aromatic N) is 4. The van der Waals surface area contributed by atoms with Crippen LogP contribution >= 0.6 is 0 Å². The maximum Gasteiger partial charge on any atom is 0.0455 e. The normalized spacial score (nSPS) is 26.7. The van der Waals surface area contributed by atoms with E-state index in [0.29, 0.717) is 5.41 Å². The number of hydrogen-bond acceptors (Lipinski definition) is 4. The summed E-state index contributed by atoms with van der Waals surface area (Å²) in [6.45, 7) is 2.29. The van der Waals surface area contributed by atoms with Gasteiger partial charge in [-0.15, -0.1) is 0 Å². The lowest BCUT2D eigenvalue weighted by molar-refractivity contribution is 0.0217. The van der Waals surface area contributed by atoms with Crippen molar-refractivity contribution in [3.05, 3.63) is 144 Å². The minimum Gasteiger partial charge on any atom is -0.309 e. The second-order valence-electron chi connectivity index (χ2n) is 16.9. The summed E-state index contributed by atoms with van der Waals surface area (Å²) in [5, 5.41) is 0. The third-order valence-electron chi connectivity index (χ3n) is 12.6. The Balaban J connectivity index is 0.000000198. The third-order valence-corrected chi connectivity index (χ3v) is 12.6. The van der Waals surface area contributed by atoms with E-state index in [1.165, 1.54) is 86.6 Å². The van der Waals surface area contributed by atoms with Crippen LogP contribution in [0.25, 0.3) is 0 Å². The fraction of sp³-hybridized carbons (Fsp3) is 0.489. The van der Waals surface area contributed by atoms with E-state index in [2.05, 4.69) is 197 Å². The summed E-state index contributed by atoms with van der Waals surface area (Å²) in [5.41, 5.74) is 6.89. The molecule has 0 saturated heterocycles. The molecule has 0 aromatic heterocycles. The molecule has 0 N–H and O–H groups in total. The van der Waals surface area contributed by atoms with Crippen LogP contribution in [0.2, 0.25) is 0 Å². The Hall–Kier alpha value is -3.28. The number of benzene rings is 4. The van der Waals surface area contributed by atoms with Gasteiger partial charge in [-0.1, -0.05) is 121 Å². The molecule has 0 atom stereocenters. The largest absolute Gasteiger partial charge is 0.309 e. The molecule has 274 valence electrons. The molecule has 6 rings (SSSR count). The maximum atomic E-state index is 2.46. The molecule has 2 fully saturated rings. The van der Waals surface area contributed by atoms with Crippen LogP contribution in [0.3, 0.4) is 0 Å². The van der Waals surface area contributed by atoms with Gasteiger partial charge >= 0.3 is 0 Å². The molecule has 4 nitrogen and oxygen atoms in total. The van der Waals surface area contributed by atoms with Crippen LogP contribution in [0.15, 0.2) is 121 Å². The highest BCUT2D eigenvalue weighted by Crippen LogP contribution is 2.51. The molecule has 2 saturated carbocycles. The van der Waals surface area contributed by atoms with Gasteiger partial charge in [0.1, 0.15) is 0 Å². The van der Waals surface area contributed by atoms with Crippen LogP contribution in [0.1, 0.15) is 73.6 Å². The predicted molar refractivity (Wildman–Crippen MR) is 218 cm³/mol. The van der Waals surface area contributed by atoms with Crippen LogP contribution in [0, 0.1) is 5.41 Å². The lowest BCUT2D eigenvalue weighted by Gasteiger charge is -2.51. The van der Waals surface area contributed by atoms with Gasteiger partial charge < -0.3 is 9.80 Å². The monoisotopic (exact) mass is 687 g/mol. The Morgan fingerprint density at radius 2 is 0.745 bits per heavy atom. The van der Waals surface area contributed by atoms with E-state index in [9.17, 15) is 0 Å². The Bertz CT molecular complexity index is 1560. The van der Waals surface area contributed by atoms with Crippen LogP contribution in [0.5, 0.6) is 0 Å². The van der Waals surface area contributed by atoms with E-state index in [-0.39, 0.29) is 16.5 Å². The second-order valence-corrected chi connectivity index (χ2v) is 16.9. The number of likely N-dealkylation sites (N-methyl/N-ethyl adjacent to an activating group) is 1. The summed E-state index contributed by atoms with van der Waals surface area (Å²) in [5.74, 6) is 0. The van der Waals surface area contributed by atoms with Crippen molar-refractivity contribution in [2.45, 2.75) is 74.3 Å². The highest BCUT2D eigenvalue weighted by Gasteiger charge is 2.47. The zero-order valence-electron chi connectivity index (χ0n) is 33.1. The second kappa shape index (κ2) is 17.0. The molecular weight excluding hydrogens is 621 g/mol. The van der Waals surface area contributed by atoms with Crippen molar-refractivity contribution < 1.29 is 0 Å². The fourth-order valence-corrected chi connectivity index (χ4v) is 9.85. The highest BCUT2D eigenvalue weighted by atomic mass is 15.2. The summed E-state index contributed by atoms with van der Waals surface area (Å²) >= 11 is 0. The van der Waals surface area contributed by atoms with Crippen molar-refractivity contribution in [2.24, 2.45) is 5.41 Å². The predicted octanol–water partition coefficient (Wildman–Crippen LogP) is 9.33. The van der Waals surface area contributed by atoms with Crippen molar-refractivity contribution in [2.75, 3.05) is 69.5 Å². The average molecular weight is 687 g/mol. The topological polar surface area (TPSA) is 13.0 Å². The van der Waals surface area contributed by atoms with Crippen molar-refractivity contribution in [1.29, 1.82) is 0 Å². The van der Waals surface area contributed by atoms with Gasteiger partial charge in [0, 0.05) is 29.6 Å². The van der Waals surface area contributed by atoms with Gasteiger partial charge in [-0.3, -0.25) is 9.80 Å². The first-order chi connectivity index (χ1) is 24.4. The summed E-state index contributed by atoms with van der Waals surface area (Å²) < 4.78 is 0. The van der Waals surface area contributed by atoms with Crippen LogP contribution in [-0.2, 0) is 22.9 Å². The number of rotatable bonds is 11. The van der Waals surface area contributed by atoms with Crippen molar-refractivity contribution in [3.63, 3.8) is 0 Å². The van der Waals surface area contributed by atoms with Crippen molar-refractivity contribution in [1.82, 2.24) is 19.6 Å². The van der Waals surface area contributed by atoms with Gasteiger partial charge in [-0.05, 0) is 142 Å². The first-order valence-electron chi connectivity index (χ1n) is 19.3. The summed E-state index contributed by atoms with van der Waals surface area (Å²) in [6, 6.07) is 44.5. The molecular formula is C47H66N4. The zero-order chi connectivity index (χ0) is 36.5. The minimum absolute atomic E-state index is 0.159. The Morgan fingerprint density at radius 3 is 1.12 bits per heavy atom. The quantitative estimate of drug-likeness (QED) is 0.156. The van der Waals surface area contributed by atoms with E-state index >= 15 is 0 Å². The molecule has 2 aliphatic rings. The molecule has 0 radical (unpaired) electrons. The molecule has 0 aliphatic heterocycles. The third kappa shape index (κ3) is 9.03. The molecule has 0 unspecified atom stereocenters. The van der Waals surface area contributed by atoms with Crippen molar-refractivity contribution >= 4 is 0 Å². The molecule has 51 heavy (non-hydrogen) atoms. The van der Waals surface area contributed by atoms with Gasteiger partial charge in [-0.25, -0.2) is 0 Å². The first kappa shape index (κ1) is 38.9. The lowest BCUT2D eigenvalue weighted by atomic mass is 9.62. The maximum absolute atomic E-state index is 2.46. The van der Waals surface area contributed by atoms with E-state index in [4.69, 9.17) is 0 Å². The average Bonchev–Trinajstić information content (AvgIpc) is 3.13. The molecule has 0 heterocycles. The van der Waals surface area contributed by atoms with Crippen LogP contribution < -0.4 is 0 Å². The molecule has 2 aliphatic carbocycles. The van der Waals surface area contributed by atoms with Gasteiger partial charge in [0.2, 0.25) is 0 Å². The van der Waals surface area contributed by atoms with Gasteiger partial charge in [0.05, 0.1) is 0 Å². The SMILES string of the molecule is CN(C)CC1(Cc2ccccc2)CCC(c2ccccc2)(N(C)C)CC1.CN(C)CC1(c2ccccc2)CCC(c2ccccc2)(N(C)C)CC1. The molecule has 0 spiro atoms. The summed E-state index contributed by atoms with van der Waals surface area (Å²) in [7, 11) is 17.8. The number of hydrogen-bond donors (Lipinski definition) is 0. The fourth-order valence-electron chi connectivity index (χ4n) is 9.85. The Morgan fingerprint density at radius 1 is 0.392 bits per heavy atom. The molecule has 4 aromatic carbocycles. The molecule has 0 bridgehead atoms. The minimum atomic E-state index is 0.159. The van der Waals surface area contributed by atoms with E-state index in [1.807, 2.05) is 0 Å².